The van der Waals surface area contributed by atoms with E-state index in [1.165, 1.54) is 33.6 Å². The number of sulfonamides is 1. The third-order valence-corrected chi connectivity index (χ3v) is 6.43. The maximum atomic E-state index is 12.8. The second-order valence-corrected chi connectivity index (χ2v) is 8.31. The number of ether oxygens (including phenoxy) is 1. The van der Waals surface area contributed by atoms with Gasteiger partial charge < -0.3 is 14.7 Å². The Labute approximate surface area is 168 Å². The van der Waals surface area contributed by atoms with Gasteiger partial charge in [0, 0.05) is 32.4 Å². The van der Waals surface area contributed by atoms with Gasteiger partial charge in [0.2, 0.25) is 10.0 Å². The number of nitrogens with zero attached hydrogens (tertiary/aromatic N) is 4. The van der Waals surface area contributed by atoms with Crippen LogP contribution in [0.3, 0.4) is 0 Å². The molecule has 0 spiro atoms. The Morgan fingerprint density at radius 3 is 2.34 bits per heavy atom. The van der Waals surface area contributed by atoms with Gasteiger partial charge in [-0.1, -0.05) is 0 Å². The number of carboxylic acids is 1. The summed E-state index contributed by atoms with van der Waals surface area (Å²) in [5, 5.41) is 12.8. The molecule has 3 rings (SSSR count). The SMILES string of the molecule is CCOc1ccc(S(=O)(=O)N2CCN(C(=O)c3ccnn3CC(=O)O)CC2)cc1. The molecule has 1 aromatic carbocycles. The molecule has 0 aliphatic carbocycles. The molecule has 2 heterocycles. The van der Waals surface area contributed by atoms with Crippen LogP contribution in [0.2, 0.25) is 0 Å². The summed E-state index contributed by atoms with van der Waals surface area (Å²) in [7, 11) is -3.68. The zero-order valence-electron chi connectivity index (χ0n) is 15.9. The molecule has 1 saturated heterocycles. The van der Waals surface area contributed by atoms with E-state index >= 15 is 0 Å². The molecule has 0 radical (unpaired) electrons. The highest BCUT2D eigenvalue weighted by atomic mass is 32.2. The number of carbonyl (C=O) groups excluding carboxylic acids is 1. The summed E-state index contributed by atoms with van der Waals surface area (Å²) in [5.74, 6) is -0.879. The van der Waals surface area contributed by atoms with E-state index in [9.17, 15) is 18.0 Å². The summed E-state index contributed by atoms with van der Waals surface area (Å²) in [6.07, 6.45) is 1.36. The largest absolute Gasteiger partial charge is 0.494 e. The normalized spacial score (nSPS) is 15.3. The summed E-state index contributed by atoms with van der Waals surface area (Å²) in [4.78, 5) is 25.2. The number of aromatic nitrogens is 2. The number of rotatable bonds is 7. The Hall–Kier alpha value is -2.92. The van der Waals surface area contributed by atoms with Crippen molar-refractivity contribution in [3.8, 4) is 5.75 Å². The van der Waals surface area contributed by atoms with Crippen LogP contribution in [0.25, 0.3) is 0 Å². The van der Waals surface area contributed by atoms with Crippen molar-refractivity contribution in [3.63, 3.8) is 0 Å². The summed E-state index contributed by atoms with van der Waals surface area (Å²) < 4.78 is 33.5. The van der Waals surface area contributed by atoms with Gasteiger partial charge in [-0.05, 0) is 37.3 Å². The van der Waals surface area contributed by atoms with Gasteiger partial charge in [0.1, 0.15) is 18.0 Å². The van der Waals surface area contributed by atoms with Gasteiger partial charge in [-0.3, -0.25) is 9.59 Å². The van der Waals surface area contributed by atoms with Crippen LogP contribution in [-0.4, -0.2) is 77.2 Å². The molecular formula is C18H22N4O6S. The molecule has 1 aliphatic heterocycles. The first-order valence-electron chi connectivity index (χ1n) is 9.09. The molecule has 2 aromatic rings. The quantitative estimate of drug-likeness (QED) is 0.690. The maximum absolute atomic E-state index is 12.8. The Morgan fingerprint density at radius 2 is 1.76 bits per heavy atom. The van der Waals surface area contributed by atoms with Crippen molar-refractivity contribution in [2.45, 2.75) is 18.4 Å². The molecule has 1 fully saturated rings. The molecule has 1 amide bonds. The van der Waals surface area contributed by atoms with Gasteiger partial charge in [0.05, 0.1) is 11.5 Å². The number of aliphatic carboxylic acids is 1. The van der Waals surface area contributed by atoms with E-state index in [4.69, 9.17) is 9.84 Å². The van der Waals surface area contributed by atoms with E-state index < -0.39 is 22.5 Å². The zero-order valence-corrected chi connectivity index (χ0v) is 16.7. The van der Waals surface area contributed by atoms with Gasteiger partial charge in [0.15, 0.2) is 0 Å². The maximum Gasteiger partial charge on any atom is 0.325 e. The second-order valence-electron chi connectivity index (χ2n) is 6.37. The van der Waals surface area contributed by atoms with Gasteiger partial charge in [-0.2, -0.15) is 9.40 Å². The average molecular weight is 422 g/mol. The fourth-order valence-electron chi connectivity index (χ4n) is 3.09. The van der Waals surface area contributed by atoms with E-state index in [1.54, 1.807) is 12.1 Å². The van der Waals surface area contributed by atoms with E-state index in [2.05, 4.69) is 5.10 Å². The number of carbonyl (C=O) groups is 2. The van der Waals surface area contributed by atoms with Crippen molar-refractivity contribution in [2.24, 2.45) is 0 Å². The number of amides is 1. The topological polar surface area (TPSA) is 122 Å². The van der Waals surface area contributed by atoms with Crippen LogP contribution >= 0.6 is 0 Å². The van der Waals surface area contributed by atoms with Crippen molar-refractivity contribution in [3.05, 3.63) is 42.2 Å². The highest BCUT2D eigenvalue weighted by Gasteiger charge is 2.31. The number of piperazine rings is 1. The molecule has 156 valence electrons. The van der Waals surface area contributed by atoms with Gasteiger partial charge in [-0.25, -0.2) is 13.1 Å². The lowest BCUT2D eigenvalue weighted by atomic mass is 10.3. The third-order valence-electron chi connectivity index (χ3n) is 4.52. The van der Waals surface area contributed by atoms with Gasteiger partial charge in [0.25, 0.3) is 5.91 Å². The summed E-state index contributed by atoms with van der Waals surface area (Å²) in [6.45, 7) is 2.62. The molecule has 10 nitrogen and oxygen atoms in total. The number of hydrogen-bond donors (Lipinski definition) is 1. The van der Waals surface area contributed by atoms with E-state index in [1.807, 2.05) is 6.92 Å². The van der Waals surface area contributed by atoms with Crippen LogP contribution in [0.15, 0.2) is 41.4 Å². The second kappa shape index (κ2) is 8.62. The average Bonchev–Trinajstić information content (AvgIpc) is 3.15. The van der Waals surface area contributed by atoms with Crippen molar-refractivity contribution >= 4 is 21.9 Å². The zero-order chi connectivity index (χ0) is 21.0. The van der Waals surface area contributed by atoms with Crippen molar-refractivity contribution in [1.82, 2.24) is 19.0 Å². The van der Waals surface area contributed by atoms with E-state index in [-0.39, 0.29) is 42.7 Å². The van der Waals surface area contributed by atoms with Gasteiger partial charge >= 0.3 is 5.97 Å². The highest BCUT2D eigenvalue weighted by Crippen LogP contribution is 2.21. The first-order valence-corrected chi connectivity index (χ1v) is 10.5. The predicted molar refractivity (Wildman–Crippen MR) is 102 cm³/mol. The molecule has 11 heteroatoms. The summed E-state index contributed by atoms with van der Waals surface area (Å²) >= 11 is 0. The number of benzene rings is 1. The molecular weight excluding hydrogens is 400 g/mol. The van der Waals surface area contributed by atoms with E-state index in [0.717, 1.165) is 4.68 Å². The molecule has 1 aliphatic rings. The lowest BCUT2D eigenvalue weighted by Crippen LogP contribution is -2.50. The molecule has 0 unspecified atom stereocenters. The fraction of sp³-hybridized carbons (Fsp3) is 0.389. The van der Waals surface area contributed by atoms with Crippen molar-refractivity contribution < 1.29 is 27.9 Å². The number of carboxylic acid groups (broad SMARTS) is 1. The first kappa shape index (κ1) is 20.8. The Kier molecular flexibility index (Phi) is 6.18. The Bertz CT molecular complexity index is 978. The van der Waals surface area contributed by atoms with Crippen LogP contribution in [0, 0.1) is 0 Å². The molecule has 1 N–H and O–H groups in total. The van der Waals surface area contributed by atoms with Crippen LogP contribution in [0.4, 0.5) is 0 Å². The monoisotopic (exact) mass is 422 g/mol. The van der Waals surface area contributed by atoms with Crippen LogP contribution in [-0.2, 0) is 21.4 Å². The van der Waals surface area contributed by atoms with E-state index in [0.29, 0.717) is 12.4 Å². The number of hydrogen-bond acceptors (Lipinski definition) is 6. The van der Waals surface area contributed by atoms with Crippen LogP contribution in [0.5, 0.6) is 5.75 Å². The van der Waals surface area contributed by atoms with Crippen LogP contribution < -0.4 is 4.74 Å². The first-order chi connectivity index (χ1) is 13.8. The Balaban J connectivity index is 1.66. The molecule has 0 atom stereocenters. The molecule has 1 aromatic heterocycles. The van der Waals surface area contributed by atoms with Crippen molar-refractivity contribution in [1.29, 1.82) is 0 Å². The minimum absolute atomic E-state index is 0.147. The lowest BCUT2D eigenvalue weighted by Gasteiger charge is -2.34. The van der Waals surface area contributed by atoms with Crippen LogP contribution in [0.1, 0.15) is 17.4 Å². The summed E-state index contributed by atoms with van der Waals surface area (Å²) in [5.41, 5.74) is 0.162. The fourth-order valence-corrected chi connectivity index (χ4v) is 4.51. The smallest absolute Gasteiger partial charge is 0.325 e. The third kappa shape index (κ3) is 4.57. The molecule has 29 heavy (non-hydrogen) atoms. The summed E-state index contributed by atoms with van der Waals surface area (Å²) in [6, 6.07) is 7.68. The standard InChI is InChI=1S/C18H22N4O6S/c1-2-28-14-3-5-15(6-4-14)29(26,27)21-11-9-20(10-12-21)18(25)16-7-8-19-22(16)13-17(23)24/h3-8H,2,9-13H2,1H3,(H,23,24). The minimum Gasteiger partial charge on any atom is -0.494 e. The Morgan fingerprint density at radius 1 is 1.10 bits per heavy atom. The minimum atomic E-state index is -3.68. The predicted octanol–water partition coefficient (Wildman–Crippen LogP) is 0.513. The molecule has 0 bridgehead atoms. The van der Waals surface area contributed by atoms with Gasteiger partial charge in [-0.15, -0.1) is 0 Å². The highest BCUT2D eigenvalue weighted by molar-refractivity contribution is 7.89. The lowest BCUT2D eigenvalue weighted by molar-refractivity contribution is -0.137. The molecule has 0 saturated carbocycles. The van der Waals surface area contributed by atoms with Crippen molar-refractivity contribution in [2.75, 3.05) is 32.8 Å².